The van der Waals surface area contributed by atoms with E-state index in [-0.39, 0.29) is 5.91 Å². The van der Waals surface area contributed by atoms with Gasteiger partial charge in [0.25, 0.3) is 5.91 Å². The van der Waals surface area contributed by atoms with E-state index in [0.29, 0.717) is 18.8 Å². The Morgan fingerprint density at radius 1 is 1.27 bits per heavy atom. The van der Waals surface area contributed by atoms with E-state index in [0.717, 1.165) is 36.6 Å². The van der Waals surface area contributed by atoms with Crippen LogP contribution in [0.15, 0.2) is 29.8 Å². The van der Waals surface area contributed by atoms with Crippen molar-refractivity contribution in [2.45, 2.75) is 19.3 Å². The molecule has 118 valence electrons. The second kappa shape index (κ2) is 9.11. The molecule has 1 amide bonds. The van der Waals surface area contributed by atoms with Crippen molar-refractivity contribution in [2.24, 2.45) is 5.73 Å². The molecule has 0 spiro atoms. The van der Waals surface area contributed by atoms with E-state index < -0.39 is 0 Å². The van der Waals surface area contributed by atoms with Crippen LogP contribution in [0.25, 0.3) is 0 Å². The highest BCUT2D eigenvalue weighted by molar-refractivity contribution is 7.09. The summed E-state index contributed by atoms with van der Waals surface area (Å²) < 4.78 is 0. The fraction of sp³-hybridized carbons (Fsp3) is 0.400. The number of unbranched alkanes of at least 4 members (excludes halogenated alkanes) is 1. The molecule has 0 bridgehead atoms. The van der Waals surface area contributed by atoms with E-state index in [9.17, 15) is 4.79 Å². The fourth-order valence-electron chi connectivity index (χ4n) is 1.88. The summed E-state index contributed by atoms with van der Waals surface area (Å²) in [5.74, 6) is 0.763. The molecule has 2 rings (SSSR count). The van der Waals surface area contributed by atoms with Crippen LogP contribution in [0.1, 0.15) is 28.3 Å². The summed E-state index contributed by atoms with van der Waals surface area (Å²) in [7, 11) is 0. The number of nitrogens with zero attached hydrogens (tertiary/aromatic N) is 2. The molecule has 4 N–H and O–H groups in total. The molecule has 0 unspecified atom stereocenters. The van der Waals surface area contributed by atoms with Gasteiger partial charge in [-0.3, -0.25) is 4.79 Å². The Balaban J connectivity index is 1.58. The van der Waals surface area contributed by atoms with Crippen LogP contribution in [0.4, 0.5) is 5.82 Å². The van der Waals surface area contributed by atoms with Crippen molar-refractivity contribution in [2.75, 3.05) is 25.0 Å². The first kappa shape index (κ1) is 16.4. The lowest BCUT2D eigenvalue weighted by Gasteiger charge is -2.05. The highest BCUT2D eigenvalue weighted by atomic mass is 32.1. The Morgan fingerprint density at radius 2 is 2.14 bits per heavy atom. The third-order valence-electron chi connectivity index (χ3n) is 3.00. The summed E-state index contributed by atoms with van der Waals surface area (Å²) in [6.07, 6.45) is 4.35. The van der Waals surface area contributed by atoms with Crippen LogP contribution in [0, 0.1) is 0 Å². The summed E-state index contributed by atoms with van der Waals surface area (Å²) in [5, 5.41) is 8.81. The van der Waals surface area contributed by atoms with Gasteiger partial charge in [0.1, 0.15) is 11.5 Å². The zero-order valence-corrected chi connectivity index (χ0v) is 13.2. The number of hydrogen-bond acceptors (Lipinski definition) is 6. The van der Waals surface area contributed by atoms with Crippen molar-refractivity contribution in [1.29, 1.82) is 0 Å². The number of thiazole rings is 1. The zero-order valence-electron chi connectivity index (χ0n) is 12.4. The van der Waals surface area contributed by atoms with Gasteiger partial charge in [-0.05, 0) is 31.5 Å². The van der Waals surface area contributed by atoms with E-state index >= 15 is 0 Å². The zero-order chi connectivity index (χ0) is 15.6. The standard InChI is InChI=1S/C15H21N5OS/c16-7-6-14-20-12(11-22-14)15(21)19-10-4-3-9-18-13-5-1-2-8-17-13/h1-2,5,8,11H,3-4,6-7,9-10,16H2,(H,17,18)(H,19,21). The molecule has 0 aliphatic heterocycles. The molecule has 0 radical (unpaired) electrons. The topological polar surface area (TPSA) is 92.9 Å². The fourth-order valence-corrected chi connectivity index (χ4v) is 2.67. The predicted molar refractivity (Wildman–Crippen MR) is 89.2 cm³/mol. The molecular formula is C15H21N5OS. The van der Waals surface area contributed by atoms with Crippen LogP contribution < -0.4 is 16.4 Å². The van der Waals surface area contributed by atoms with E-state index in [1.165, 1.54) is 11.3 Å². The van der Waals surface area contributed by atoms with Gasteiger partial charge >= 0.3 is 0 Å². The number of pyridine rings is 1. The average Bonchev–Trinajstić information content (AvgIpc) is 3.01. The molecule has 0 aliphatic carbocycles. The Hall–Kier alpha value is -1.99. The highest BCUT2D eigenvalue weighted by Crippen LogP contribution is 2.09. The molecule has 2 heterocycles. The van der Waals surface area contributed by atoms with Crippen molar-refractivity contribution in [1.82, 2.24) is 15.3 Å². The molecule has 7 heteroatoms. The molecule has 6 nitrogen and oxygen atoms in total. The molecule has 0 aliphatic rings. The van der Waals surface area contributed by atoms with Crippen molar-refractivity contribution < 1.29 is 4.79 Å². The molecule has 0 aromatic carbocycles. The van der Waals surface area contributed by atoms with Gasteiger partial charge in [0.05, 0.1) is 5.01 Å². The first-order valence-corrected chi connectivity index (χ1v) is 8.25. The minimum atomic E-state index is -0.114. The number of aromatic nitrogens is 2. The summed E-state index contributed by atoms with van der Waals surface area (Å²) >= 11 is 1.48. The van der Waals surface area contributed by atoms with Crippen LogP contribution >= 0.6 is 11.3 Å². The van der Waals surface area contributed by atoms with Crippen molar-refractivity contribution in [3.63, 3.8) is 0 Å². The number of carbonyl (C=O) groups excluding carboxylic acids is 1. The molecular weight excluding hydrogens is 298 g/mol. The lowest BCUT2D eigenvalue weighted by Crippen LogP contribution is -2.25. The normalized spacial score (nSPS) is 10.4. The van der Waals surface area contributed by atoms with Crippen LogP contribution in [0.2, 0.25) is 0 Å². The second-order valence-corrected chi connectivity index (χ2v) is 5.71. The average molecular weight is 319 g/mol. The molecule has 0 saturated carbocycles. The van der Waals surface area contributed by atoms with Gasteiger partial charge in [-0.15, -0.1) is 11.3 Å². The molecule has 22 heavy (non-hydrogen) atoms. The van der Waals surface area contributed by atoms with Gasteiger partial charge in [-0.1, -0.05) is 6.07 Å². The number of nitrogens with one attached hydrogen (secondary N) is 2. The first-order valence-electron chi connectivity index (χ1n) is 7.37. The molecule has 0 fully saturated rings. The van der Waals surface area contributed by atoms with E-state index in [4.69, 9.17) is 5.73 Å². The van der Waals surface area contributed by atoms with Gasteiger partial charge in [-0.2, -0.15) is 0 Å². The third-order valence-corrected chi connectivity index (χ3v) is 3.91. The molecule has 0 atom stereocenters. The number of hydrogen-bond donors (Lipinski definition) is 3. The number of carbonyl (C=O) groups is 1. The van der Waals surface area contributed by atoms with Crippen molar-refractivity contribution in [3.8, 4) is 0 Å². The highest BCUT2D eigenvalue weighted by Gasteiger charge is 2.09. The number of anilines is 1. The van der Waals surface area contributed by atoms with Crippen LogP contribution in [0.5, 0.6) is 0 Å². The van der Waals surface area contributed by atoms with Gasteiger partial charge in [0.15, 0.2) is 0 Å². The lowest BCUT2D eigenvalue weighted by molar-refractivity contribution is 0.0948. The Bertz CT molecular complexity index is 572. The van der Waals surface area contributed by atoms with Gasteiger partial charge in [0.2, 0.25) is 0 Å². The second-order valence-electron chi connectivity index (χ2n) is 4.77. The number of amides is 1. The van der Waals surface area contributed by atoms with Gasteiger partial charge < -0.3 is 16.4 Å². The van der Waals surface area contributed by atoms with E-state index in [2.05, 4.69) is 20.6 Å². The van der Waals surface area contributed by atoms with E-state index in [1.54, 1.807) is 11.6 Å². The molecule has 2 aromatic rings. The van der Waals surface area contributed by atoms with Crippen LogP contribution in [-0.4, -0.2) is 35.5 Å². The number of rotatable bonds is 9. The van der Waals surface area contributed by atoms with Crippen molar-refractivity contribution in [3.05, 3.63) is 40.5 Å². The maximum atomic E-state index is 11.9. The minimum absolute atomic E-state index is 0.114. The Kier molecular flexibility index (Phi) is 6.79. The smallest absolute Gasteiger partial charge is 0.270 e. The maximum Gasteiger partial charge on any atom is 0.270 e. The predicted octanol–water partition coefficient (Wildman–Crippen LogP) is 1.66. The van der Waals surface area contributed by atoms with Gasteiger partial charge in [-0.25, -0.2) is 9.97 Å². The Morgan fingerprint density at radius 3 is 2.91 bits per heavy atom. The maximum absolute atomic E-state index is 11.9. The quantitative estimate of drug-likeness (QED) is 0.611. The third kappa shape index (κ3) is 5.42. The summed E-state index contributed by atoms with van der Waals surface area (Å²) in [4.78, 5) is 20.3. The Labute approximate surface area is 134 Å². The number of nitrogens with two attached hydrogens (primary N) is 1. The summed E-state index contributed by atoms with van der Waals surface area (Å²) in [5.41, 5.74) is 5.96. The minimum Gasteiger partial charge on any atom is -0.370 e. The largest absolute Gasteiger partial charge is 0.370 e. The SMILES string of the molecule is NCCc1nc(C(=O)NCCCCNc2ccccn2)cs1. The summed E-state index contributed by atoms with van der Waals surface area (Å²) in [6, 6.07) is 5.77. The van der Waals surface area contributed by atoms with Crippen LogP contribution in [-0.2, 0) is 6.42 Å². The monoisotopic (exact) mass is 319 g/mol. The lowest BCUT2D eigenvalue weighted by atomic mass is 10.3. The first-order chi connectivity index (χ1) is 10.8. The van der Waals surface area contributed by atoms with Crippen molar-refractivity contribution >= 4 is 23.1 Å². The molecule has 0 saturated heterocycles. The van der Waals surface area contributed by atoms with E-state index in [1.807, 2.05) is 18.2 Å². The van der Waals surface area contributed by atoms with Gasteiger partial charge in [0, 0.05) is 31.1 Å². The molecule has 2 aromatic heterocycles. The summed E-state index contributed by atoms with van der Waals surface area (Å²) in [6.45, 7) is 2.04. The van der Waals surface area contributed by atoms with Crippen LogP contribution in [0.3, 0.4) is 0 Å².